The molecule has 0 heterocycles. The maximum absolute atomic E-state index is 12.8. The Morgan fingerprint density at radius 2 is 1.69 bits per heavy atom. The van der Waals surface area contributed by atoms with Gasteiger partial charge in [0.15, 0.2) is 8.32 Å². The molecular weight excluding hydrogens is 569 g/mol. The third kappa shape index (κ3) is 6.40. The number of fused-ring (bicyclic) bond motifs is 5. The summed E-state index contributed by atoms with van der Waals surface area (Å²) in [5.41, 5.74) is 2.95. The number of hydrogen-bond donors (Lipinski definition) is 0. The maximum Gasteiger partial charge on any atom is 0.192 e. The maximum atomic E-state index is 12.8. The summed E-state index contributed by atoms with van der Waals surface area (Å²) in [7, 11) is -1.85. The van der Waals surface area contributed by atoms with Gasteiger partial charge < -0.3 is 9.16 Å². The Hall–Kier alpha value is -2.17. The Morgan fingerprint density at radius 3 is 2.44 bits per heavy atom. The van der Waals surface area contributed by atoms with Gasteiger partial charge in [-0.25, -0.2) is 0 Å². The average molecular weight is 627 g/mol. The molecule has 0 bridgehead atoms. The van der Waals surface area contributed by atoms with Gasteiger partial charge in [0, 0.05) is 12.8 Å². The standard InChI is InChI=1S/C41H58O3Si/c1-39(2,3)45(6,7)44-37-20-19-35-38-31(26-32-27-33(42)21-23-40(32,4)36(38)22-24-41(35,37)5)17-11-15-29-16-12-18-34(25-29)43-28-30-13-9-8-10-14-30/h8-16,18,25,31-32,35-38H,17,19-24,26-28H2,1-7H3/t31-,32+,35+,36+,37+,38+,40+,41+/m1/s1. The molecule has 244 valence electrons. The molecule has 4 aliphatic carbocycles. The second-order valence-electron chi connectivity index (χ2n) is 17.2. The Labute approximate surface area is 274 Å². The number of carbonyl (C=O) groups excluding carboxylic acids is 1. The van der Waals surface area contributed by atoms with Crippen molar-refractivity contribution >= 4 is 20.2 Å². The number of rotatable bonds is 8. The number of hydrogen-bond acceptors (Lipinski definition) is 3. The summed E-state index contributed by atoms with van der Waals surface area (Å²) in [4.78, 5) is 12.8. The van der Waals surface area contributed by atoms with Crippen LogP contribution < -0.4 is 4.74 Å². The predicted molar refractivity (Wildman–Crippen MR) is 189 cm³/mol. The van der Waals surface area contributed by atoms with Crippen LogP contribution in [-0.2, 0) is 15.8 Å². The normalized spacial score (nSPS) is 35.1. The Morgan fingerprint density at radius 1 is 0.933 bits per heavy atom. The Balaban J connectivity index is 1.22. The van der Waals surface area contributed by atoms with Gasteiger partial charge in [-0.15, -0.1) is 0 Å². The van der Waals surface area contributed by atoms with Crippen LogP contribution in [0.1, 0.15) is 104 Å². The van der Waals surface area contributed by atoms with Crippen LogP contribution in [0.2, 0.25) is 18.1 Å². The first-order chi connectivity index (χ1) is 21.3. The quantitative estimate of drug-likeness (QED) is 0.274. The molecule has 4 aliphatic rings. The van der Waals surface area contributed by atoms with Crippen LogP contribution in [0.3, 0.4) is 0 Å². The molecule has 0 spiro atoms. The summed E-state index contributed by atoms with van der Waals surface area (Å²) in [6, 6.07) is 18.9. The van der Waals surface area contributed by atoms with E-state index in [1.807, 2.05) is 6.07 Å². The van der Waals surface area contributed by atoms with E-state index in [9.17, 15) is 4.79 Å². The molecule has 3 nitrogen and oxygen atoms in total. The van der Waals surface area contributed by atoms with Gasteiger partial charge in [0.05, 0.1) is 6.10 Å². The van der Waals surface area contributed by atoms with Crippen molar-refractivity contribution in [1.29, 1.82) is 0 Å². The minimum Gasteiger partial charge on any atom is -0.489 e. The second-order valence-corrected chi connectivity index (χ2v) is 22.0. The number of Topliss-reactive ketones (excluding diaryl/α,β-unsaturated/α-hetero) is 1. The van der Waals surface area contributed by atoms with Crippen LogP contribution in [0.25, 0.3) is 6.08 Å². The smallest absolute Gasteiger partial charge is 0.192 e. The third-order valence-corrected chi connectivity index (χ3v) is 18.2. The highest BCUT2D eigenvalue weighted by molar-refractivity contribution is 6.74. The van der Waals surface area contributed by atoms with E-state index in [0.29, 0.717) is 35.7 Å². The summed E-state index contributed by atoms with van der Waals surface area (Å²) in [5.74, 6) is 4.74. The van der Waals surface area contributed by atoms with Crippen LogP contribution in [0.15, 0.2) is 60.7 Å². The molecule has 0 amide bonds. The van der Waals surface area contributed by atoms with Crippen molar-refractivity contribution in [2.45, 2.75) is 123 Å². The van der Waals surface area contributed by atoms with Crippen molar-refractivity contribution in [2.75, 3.05) is 0 Å². The number of ketones is 1. The zero-order valence-electron chi connectivity index (χ0n) is 29.1. The van der Waals surface area contributed by atoms with E-state index in [2.05, 4.69) is 108 Å². The zero-order valence-corrected chi connectivity index (χ0v) is 30.1. The van der Waals surface area contributed by atoms with Crippen LogP contribution >= 0.6 is 0 Å². The van der Waals surface area contributed by atoms with E-state index in [4.69, 9.17) is 9.16 Å². The Bertz CT molecular complexity index is 1370. The molecule has 4 fully saturated rings. The predicted octanol–water partition coefficient (Wildman–Crippen LogP) is 10.9. The van der Waals surface area contributed by atoms with E-state index in [1.165, 1.54) is 43.2 Å². The van der Waals surface area contributed by atoms with Crippen LogP contribution in [0.5, 0.6) is 5.75 Å². The monoisotopic (exact) mass is 626 g/mol. The lowest BCUT2D eigenvalue weighted by Crippen LogP contribution is -2.58. The highest BCUT2D eigenvalue weighted by Crippen LogP contribution is 2.68. The fourth-order valence-electron chi connectivity index (χ4n) is 9.97. The van der Waals surface area contributed by atoms with Crippen molar-refractivity contribution < 1.29 is 14.0 Å². The highest BCUT2D eigenvalue weighted by Gasteiger charge is 2.63. The van der Waals surface area contributed by atoms with Gasteiger partial charge in [0.2, 0.25) is 0 Å². The molecule has 0 radical (unpaired) electrons. The fraction of sp³-hybridized carbons (Fsp3) is 0.634. The van der Waals surface area contributed by atoms with Gasteiger partial charge >= 0.3 is 0 Å². The molecule has 4 heteroatoms. The van der Waals surface area contributed by atoms with Crippen LogP contribution in [-0.4, -0.2) is 20.2 Å². The molecule has 8 atom stereocenters. The summed E-state index contributed by atoms with van der Waals surface area (Å²) in [6.07, 6.45) is 15.2. The summed E-state index contributed by atoms with van der Waals surface area (Å²) >= 11 is 0. The lowest BCUT2D eigenvalue weighted by atomic mass is 9.42. The number of benzene rings is 2. The third-order valence-electron chi connectivity index (χ3n) is 13.7. The van der Waals surface area contributed by atoms with Gasteiger partial charge in [-0.3, -0.25) is 4.79 Å². The molecule has 0 aliphatic heterocycles. The number of allylic oxidation sites excluding steroid dienone is 1. The second kappa shape index (κ2) is 12.5. The topological polar surface area (TPSA) is 35.5 Å². The van der Waals surface area contributed by atoms with Crippen molar-refractivity contribution in [1.82, 2.24) is 0 Å². The molecule has 0 aromatic heterocycles. The van der Waals surface area contributed by atoms with Crippen LogP contribution in [0.4, 0.5) is 0 Å². The van der Waals surface area contributed by atoms with E-state index >= 15 is 0 Å². The largest absolute Gasteiger partial charge is 0.489 e. The van der Waals surface area contributed by atoms with E-state index < -0.39 is 8.32 Å². The van der Waals surface area contributed by atoms with Gasteiger partial charge in [0.25, 0.3) is 0 Å². The van der Waals surface area contributed by atoms with Gasteiger partial charge in [-0.2, -0.15) is 0 Å². The van der Waals surface area contributed by atoms with Crippen LogP contribution in [0, 0.1) is 40.4 Å². The summed E-state index contributed by atoms with van der Waals surface area (Å²) in [5, 5.41) is 0.232. The van der Waals surface area contributed by atoms with E-state index in [0.717, 1.165) is 49.2 Å². The molecule has 0 saturated heterocycles. The zero-order chi connectivity index (χ0) is 32.0. The lowest BCUT2D eigenvalue weighted by Gasteiger charge is -2.62. The van der Waals surface area contributed by atoms with E-state index in [-0.39, 0.29) is 10.5 Å². The highest BCUT2D eigenvalue weighted by atomic mass is 28.4. The Kier molecular flexibility index (Phi) is 9.06. The first kappa shape index (κ1) is 32.8. The van der Waals surface area contributed by atoms with Crippen molar-refractivity contribution in [3.05, 3.63) is 71.8 Å². The van der Waals surface area contributed by atoms with Crippen molar-refractivity contribution in [3.8, 4) is 5.75 Å². The first-order valence-corrected chi connectivity index (χ1v) is 20.8. The number of carbonyl (C=O) groups is 1. The summed E-state index contributed by atoms with van der Waals surface area (Å²) in [6.45, 7) is 17.8. The molecular formula is C41H58O3Si. The van der Waals surface area contributed by atoms with Crippen molar-refractivity contribution in [3.63, 3.8) is 0 Å². The first-order valence-electron chi connectivity index (χ1n) is 17.9. The van der Waals surface area contributed by atoms with Gasteiger partial charge in [-0.05, 0) is 127 Å². The number of ether oxygens (including phenoxy) is 1. The minimum atomic E-state index is -1.85. The SMILES string of the molecule is CC(C)(C)[Si](C)(C)O[C@H]1CC[C@H]2[C@@H]3[C@H](CC=Cc4cccc(OCc5ccccc5)c4)C[C@H]4CC(=O)CC[C@]4(C)[C@H]3CC[C@]12C. The molecule has 2 aromatic rings. The summed E-state index contributed by atoms with van der Waals surface area (Å²) < 4.78 is 13.4. The minimum absolute atomic E-state index is 0.232. The molecule has 45 heavy (non-hydrogen) atoms. The fourth-order valence-corrected chi connectivity index (χ4v) is 11.4. The average Bonchev–Trinajstić information content (AvgIpc) is 3.32. The molecule has 0 unspecified atom stereocenters. The molecule has 4 saturated carbocycles. The molecule has 0 N–H and O–H groups in total. The lowest BCUT2D eigenvalue weighted by molar-refractivity contribution is -0.154. The van der Waals surface area contributed by atoms with Gasteiger partial charge in [0.1, 0.15) is 18.1 Å². The molecule has 6 rings (SSSR count). The van der Waals surface area contributed by atoms with Gasteiger partial charge in [-0.1, -0.05) is 89.2 Å². The molecule has 2 aromatic carbocycles. The van der Waals surface area contributed by atoms with Crippen molar-refractivity contribution in [2.24, 2.45) is 40.4 Å². The van der Waals surface area contributed by atoms with E-state index in [1.54, 1.807) is 0 Å².